The van der Waals surface area contributed by atoms with Crippen LogP contribution in [0, 0.1) is 5.92 Å². The molecule has 2 fully saturated rings. The third kappa shape index (κ3) is 3.27. The second-order valence-corrected chi connectivity index (χ2v) is 6.74. The number of likely N-dealkylation sites (N-methyl/N-ethyl adjacent to an activating group) is 1. The van der Waals surface area contributed by atoms with Crippen LogP contribution in [0.3, 0.4) is 0 Å². The molecule has 0 spiro atoms. The Morgan fingerprint density at radius 2 is 2.14 bits per heavy atom. The van der Waals surface area contributed by atoms with Gasteiger partial charge in [-0.2, -0.15) is 4.98 Å². The molecule has 1 aliphatic heterocycles. The number of nitrogens with zero attached hydrogens (tertiary/aromatic N) is 3. The molecular weight excluding hydrogens is 268 g/mol. The van der Waals surface area contributed by atoms with Gasteiger partial charge in [0.2, 0.25) is 5.89 Å². The standard InChI is InChI=1S/C15H26N4O2/c1-19-8-7-15(16,10-19)14-17-13(18-21-14)9-11-3-5-12(20-2)6-4-11/h11-12H,3-10,16H2,1-2H3. The lowest BCUT2D eigenvalue weighted by molar-refractivity contribution is 0.0565. The van der Waals surface area contributed by atoms with Crippen LogP contribution in [0.2, 0.25) is 0 Å². The lowest BCUT2D eigenvalue weighted by atomic mass is 9.85. The highest BCUT2D eigenvalue weighted by Crippen LogP contribution is 2.30. The van der Waals surface area contributed by atoms with Crippen molar-refractivity contribution < 1.29 is 9.26 Å². The topological polar surface area (TPSA) is 77.4 Å². The molecule has 21 heavy (non-hydrogen) atoms. The number of hydrogen-bond acceptors (Lipinski definition) is 6. The van der Waals surface area contributed by atoms with Gasteiger partial charge in [0.25, 0.3) is 0 Å². The summed E-state index contributed by atoms with van der Waals surface area (Å²) in [5.41, 5.74) is 5.93. The van der Waals surface area contributed by atoms with Gasteiger partial charge >= 0.3 is 0 Å². The van der Waals surface area contributed by atoms with Crippen LogP contribution in [-0.2, 0) is 16.7 Å². The lowest BCUT2D eigenvalue weighted by Crippen LogP contribution is -2.39. The van der Waals surface area contributed by atoms with Crippen molar-refractivity contribution in [3.63, 3.8) is 0 Å². The van der Waals surface area contributed by atoms with Crippen molar-refractivity contribution in [3.05, 3.63) is 11.7 Å². The van der Waals surface area contributed by atoms with E-state index in [9.17, 15) is 0 Å². The van der Waals surface area contributed by atoms with E-state index < -0.39 is 5.54 Å². The van der Waals surface area contributed by atoms with Gasteiger partial charge in [-0.3, -0.25) is 0 Å². The van der Waals surface area contributed by atoms with Gasteiger partial charge in [-0.05, 0) is 45.1 Å². The predicted molar refractivity (Wildman–Crippen MR) is 78.7 cm³/mol. The Hall–Kier alpha value is -0.980. The van der Waals surface area contributed by atoms with E-state index >= 15 is 0 Å². The minimum Gasteiger partial charge on any atom is -0.381 e. The largest absolute Gasteiger partial charge is 0.381 e. The first-order valence-corrected chi connectivity index (χ1v) is 7.92. The number of aromatic nitrogens is 2. The van der Waals surface area contributed by atoms with Crippen LogP contribution in [0.25, 0.3) is 0 Å². The van der Waals surface area contributed by atoms with Gasteiger partial charge in [0.15, 0.2) is 5.82 Å². The fourth-order valence-corrected chi connectivity index (χ4v) is 3.57. The second-order valence-electron chi connectivity index (χ2n) is 6.74. The molecule has 0 bridgehead atoms. The molecule has 2 heterocycles. The van der Waals surface area contributed by atoms with Crippen molar-refractivity contribution in [3.8, 4) is 0 Å². The first kappa shape index (κ1) is 14.9. The number of hydrogen-bond donors (Lipinski definition) is 1. The zero-order valence-electron chi connectivity index (χ0n) is 13.0. The van der Waals surface area contributed by atoms with Gasteiger partial charge in [-0.25, -0.2) is 0 Å². The van der Waals surface area contributed by atoms with Crippen LogP contribution in [0.5, 0.6) is 0 Å². The maximum atomic E-state index is 6.40. The van der Waals surface area contributed by atoms with Gasteiger partial charge in [0.1, 0.15) is 5.54 Å². The van der Waals surface area contributed by atoms with Gasteiger partial charge in [0.05, 0.1) is 6.10 Å². The number of nitrogens with two attached hydrogens (primary N) is 1. The Kier molecular flexibility index (Phi) is 4.28. The molecule has 1 saturated carbocycles. The van der Waals surface area contributed by atoms with Gasteiger partial charge in [-0.15, -0.1) is 0 Å². The molecule has 1 aromatic rings. The molecule has 2 N–H and O–H groups in total. The SMILES string of the molecule is COC1CCC(Cc2noc(C3(N)CCN(C)C3)n2)CC1. The molecule has 1 atom stereocenters. The van der Waals surface area contributed by atoms with E-state index in [-0.39, 0.29) is 0 Å². The summed E-state index contributed by atoms with van der Waals surface area (Å²) in [5.74, 6) is 2.06. The van der Waals surface area contributed by atoms with E-state index in [0.717, 1.165) is 44.6 Å². The summed E-state index contributed by atoms with van der Waals surface area (Å²) < 4.78 is 10.9. The van der Waals surface area contributed by atoms with Crippen molar-refractivity contribution in [2.75, 3.05) is 27.2 Å². The summed E-state index contributed by atoms with van der Waals surface area (Å²) in [4.78, 5) is 6.78. The first-order valence-electron chi connectivity index (χ1n) is 7.92. The second kappa shape index (κ2) is 6.02. The van der Waals surface area contributed by atoms with E-state index in [0.29, 0.717) is 17.9 Å². The molecule has 0 aromatic carbocycles. The maximum absolute atomic E-state index is 6.40. The highest BCUT2D eigenvalue weighted by Gasteiger charge is 2.39. The molecule has 3 rings (SSSR count). The Balaban J connectivity index is 1.58. The van der Waals surface area contributed by atoms with Crippen LogP contribution < -0.4 is 5.73 Å². The van der Waals surface area contributed by atoms with Gasteiger partial charge in [-0.1, -0.05) is 5.16 Å². The summed E-state index contributed by atoms with van der Waals surface area (Å²) in [6.07, 6.45) is 6.84. The maximum Gasteiger partial charge on any atom is 0.248 e. The highest BCUT2D eigenvalue weighted by molar-refractivity contribution is 5.07. The summed E-state index contributed by atoms with van der Waals surface area (Å²) in [7, 11) is 3.87. The molecule has 1 unspecified atom stereocenters. The zero-order valence-corrected chi connectivity index (χ0v) is 13.0. The fraction of sp³-hybridized carbons (Fsp3) is 0.867. The van der Waals surface area contributed by atoms with E-state index in [1.54, 1.807) is 7.11 Å². The lowest BCUT2D eigenvalue weighted by Gasteiger charge is -2.26. The van der Waals surface area contributed by atoms with Crippen molar-refractivity contribution in [1.29, 1.82) is 0 Å². The van der Waals surface area contributed by atoms with Crippen LogP contribution in [0.1, 0.15) is 43.8 Å². The van der Waals surface area contributed by atoms with Crippen LogP contribution in [0.4, 0.5) is 0 Å². The number of methoxy groups -OCH3 is 1. The Labute approximate surface area is 126 Å². The Morgan fingerprint density at radius 1 is 1.38 bits per heavy atom. The summed E-state index contributed by atoms with van der Waals surface area (Å²) in [6.45, 7) is 1.77. The number of likely N-dealkylation sites (tertiary alicyclic amines) is 1. The number of ether oxygens (including phenoxy) is 1. The molecule has 1 saturated heterocycles. The zero-order chi connectivity index (χ0) is 14.9. The predicted octanol–water partition coefficient (Wildman–Crippen LogP) is 1.31. The fourth-order valence-electron chi connectivity index (χ4n) is 3.57. The summed E-state index contributed by atoms with van der Waals surface area (Å²) in [5, 5.41) is 4.15. The highest BCUT2D eigenvalue weighted by atomic mass is 16.5. The average Bonchev–Trinajstić information content (AvgIpc) is 3.08. The Bertz CT molecular complexity index is 470. The van der Waals surface area contributed by atoms with E-state index in [1.165, 1.54) is 12.8 Å². The van der Waals surface area contributed by atoms with Crippen molar-refractivity contribution in [2.45, 2.75) is 50.2 Å². The third-order valence-electron chi connectivity index (χ3n) is 4.98. The normalized spacial score (nSPS) is 34.4. The summed E-state index contributed by atoms with van der Waals surface area (Å²) >= 11 is 0. The van der Waals surface area contributed by atoms with Crippen LogP contribution >= 0.6 is 0 Å². The molecular formula is C15H26N4O2. The summed E-state index contributed by atoms with van der Waals surface area (Å²) in [6, 6.07) is 0. The molecule has 1 aliphatic carbocycles. The average molecular weight is 294 g/mol. The quantitative estimate of drug-likeness (QED) is 0.902. The van der Waals surface area contributed by atoms with Crippen LogP contribution in [-0.4, -0.2) is 48.4 Å². The van der Waals surface area contributed by atoms with E-state index in [4.69, 9.17) is 15.0 Å². The molecule has 0 radical (unpaired) electrons. The molecule has 6 heteroatoms. The minimum absolute atomic E-state index is 0.434. The smallest absolute Gasteiger partial charge is 0.248 e. The van der Waals surface area contributed by atoms with E-state index in [2.05, 4.69) is 22.1 Å². The van der Waals surface area contributed by atoms with Crippen molar-refractivity contribution >= 4 is 0 Å². The van der Waals surface area contributed by atoms with E-state index in [1.807, 2.05) is 0 Å². The monoisotopic (exact) mass is 294 g/mol. The molecule has 6 nitrogen and oxygen atoms in total. The van der Waals surface area contributed by atoms with Crippen molar-refractivity contribution in [1.82, 2.24) is 15.0 Å². The van der Waals surface area contributed by atoms with Gasteiger partial charge < -0.3 is 19.9 Å². The number of rotatable bonds is 4. The third-order valence-corrected chi connectivity index (χ3v) is 4.98. The molecule has 0 amide bonds. The van der Waals surface area contributed by atoms with Crippen molar-refractivity contribution in [2.24, 2.45) is 11.7 Å². The molecule has 118 valence electrons. The van der Waals surface area contributed by atoms with Crippen LogP contribution in [0.15, 0.2) is 4.52 Å². The van der Waals surface area contributed by atoms with Gasteiger partial charge in [0, 0.05) is 26.6 Å². The molecule has 1 aromatic heterocycles. The molecule has 2 aliphatic rings. The first-order chi connectivity index (χ1) is 10.1. The minimum atomic E-state index is -0.465. The Morgan fingerprint density at radius 3 is 2.76 bits per heavy atom.